The molecule has 0 aliphatic carbocycles. The molecule has 18 heavy (non-hydrogen) atoms. The molecule has 5 heteroatoms. The SMILES string of the molecule is COc1ccc(C(=O)c2c(Br)cnn2C)cc1C. The van der Waals surface area contributed by atoms with Crippen molar-refractivity contribution < 1.29 is 9.53 Å². The molecule has 0 radical (unpaired) electrons. The number of carbonyl (C=O) groups is 1. The highest BCUT2D eigenvalue weighted by Gasteiger charge is 2.17. The van der Waals surface area contributed by atoms with Crippen molar-refractivity contribution in [3.8, 4) is 5.75 Å². The number of rotatable bonds is 3. The van der Waals surface area contributed by atoms with Gasteiger partial charge < -0.3 is 4.74 Å². The molecule has 0 bridgehead atoms. The van der Waals surface area contributed by atoms with Gasteiger partial charge in [-0.15, -0.1) is 0 Å². The van der Waals surface area contributed by atoms with Crippen molar-refractivity contribution in [2.45, 2.75) is 6.92 Å². The van der Waals surface area contributed by atoms with Crippen LogP contribution in [0.15, 0.2) is 28.9 Å². The highest BCUT2D eigenvalue weighted by atomic mass is 79.9. The van der Waals surface area contributed by atoms with Gasteiger partial charge in [0.05, 0.1) is 17.8 Å². The molecule has 94 valence electrons. The molecule has 4 nitrogen and oxygen atoms in total. The molecule has 0 unspecified atom stereocenters. The van der Waals surface area contributed by atoms with E-state index in [9.17, 15) is 4.79 Å². The van der Waals surface area contributed by atoms with Crippen LogP contribution in [0, 0.1) is 6.92 Å². The van der Waals surface area contributed by atoms with Gasteiger partial charge in [-0.2, -0.15) is 5.10 Å². The van der Waals surface area contributed by atoms with E-state index in [4.69, 9.17) is 4.74 Å². The Morgan fingerprint density at radius 3 is 2.67 bits per heavy atom. The molecule has 0 N–H and O–H groups in total. The van der Waals surface area contributed by atoms with E-state index >= 15 is 0 Å². The molecule has 0 amide bonds. The van der Waals surface area contributed by atoms with Crippen LogP contribution in [-0.4, -0.2) is 22.7 Å². The molecule has 0 saturated carbocycles. The van der Waals surface area contributed by atoms with Gasteiger partial charge in [0.15, 0.2) is 0 Å². The Hall–Kier alpha value is -1.62. The van der Waals surface area contributed by atoms with Crippen molar-refractivity contribution in [3.05, 3.63) is 45.7 Å². The summed E-state index contributed by atoms with van der Waals surface area (Å²) in [5.41, 5.74) is 2.10. The standard InChI is InChI=1S/C13H13BrN2O2/c1-8-6-9(4-5-11(8)18-3)13(17)12-10(14)7-15-16(12)2/h4-7H,1-3H3. The third kappa shape index (κ3) is 2.18. The number of ether oxygens (including phenoxy) is 1. The van der Waals surface area contributed by atoms with Crippen molar-refractivity contribution in [1.29, 1.82) is 0 Å². The van der Waals surface area contributed by atoms with Crippen molar-refractivity contribution in [1.82, 2.24) is 9.78 Å². The summed E-state index contributed by atoms with van der Waals surface area (Å²) < 4.78 is 7.44. The Balaban J connectivity index is 2.44. The summed E-state index contributed by atoms with van der Waals surface area (Å²) in [6.45, 7) is 1.91. The Morgan fingerprint density at radius 2 is 2.17 bits per heavy atom. The normalized spacial score (nSPS) is 10.4. The van der Waals surface area contributed by atoms with E-state index in [1.807, 2.05) is 13.0 Å². The van der Waals surface area contributed by atoms with E-state index in [1.165, 1.54) is 0 Å². The van der Waals surface area contributed by atoms with Crippen LogP contribution in [0.4, 0.5) is 0 Å². The Kier molecular flexibility index (Phi) is 3.52. The van der Waals surface area contributed by atoms with Crippen LogP contribution < -0.4 is 4.74 Å². The largest absolute Gasteiger partial charge is 0.496 e. The predicted octanol–water partition coefficient (Wildman–Crippen LogP) is 2.73. The number of aryl methyl sites for hydroxylation is 2. The fourth-order valence-electron chi connectivity index (χ4n) is 1.82. The molecule has 2 rings (SSSR count). The number of hydrogen-bond acceptors (Lipinski definition) is 3. The second-order valence-corrected chi connectivity index (χ2v) is 4.83. The van der Waals surface area contributed by atoms with Gasteiger partial charge in [-0.3, -0.25) is 9.48 Å². The highest BCUT2D eigenvalue weighted by molar-refractivity contribution is 9.10. The maximum Gasteiger partial charge on any atom is 0.212 e. The Labute approximate surface area is 114 Å². The molecule has 0 aliphatic rings. The molecule has 0 fully saturated rings. The van der Waals surface area contributed by atoms with Gasteiger partial charge in [0.25, 0.3) is 0 Å². The van der Waals surface area contributed by atoms with Crippen LogP contribution >= 0.6 is 15.9 Å². The first kappa shape index (κ1) is 12.8. The third-order valence-corrected chi connectivity index (χ3v) is 3.35. The lowest BCUT2D eigenvalue weighted by atomic mass is 10.1. The monoisotopic (exact) mass is 308 g/mol. The summed E-state index contributed by atoms with van der Waals surface area (Å²) in [5.74, 6) is 0.711. The molecule has 1 heterocycles. The van der Waals surface area contributed by atoms with Crippen molar-refractivity contribution >= 4 is 21.7 Å². The van der Waals surface area contributed by atoms with Gasteiger partial charge in [-0.1, -0.05) is 0 Å². The number of nitrogens with zero attached hydrogens (tertiary/aromatic N) is 2. The van der Waals surface area contributed by atoms with Crippen molar-refractivity contribution in [2.24, 2.45) is 7.05 Å². The zero-order valence-electron chi connectivity index (χ0n) is 10.4. The number of carbonyl (C=O) groups excluding carboxylic acids is 1. The Morgan fingerprint density at radius 1 is 1.44 bits per heavy atom. The second-order valence-electron chi connectivity index (χ2n) is 3.98. The maximum absolute atomic E-state index is 12.4. The van der Waals surface area contributed by atoms with E-state index in [0.29, 0.717) is 15.7 Å². The molecular formula is C13H13BrN2O2. The molecule has 0 atom stereocenters. The highest BCUT2D eigenvalue weighted by Crippen LogP contribution is 2.23. The minimum Gasteiger partial charge on any atom is -0.496 e. The lowest BCUT2D eigenvalue weighted by Gasteiger charge is -2.07. The Bertz CT molecular complexity index is 586. The van der Waals surface area contributed by atoms with Gasteiger partial charge in [0.1, 0.15) is 11.4 Å². The third-order valence-electron chi connectivity index (χ3n) is 2.77. The van der Waals surface area contributed by atoms with Crippen LogP contribution in [0.1, 0.15) is 21.6 Å². The number of halogens is 1. The number of ketones is 1. The average molecular weight is 309 g/mol. The molecule has 0 saturated heterocycles. The van der Waals surface area contributed by atoms with Gasteiger partial charge in [0, 0.05) is 12.6 Å². The maximum atomic E-state index is 12.4. The minimum absolute atomic E-state index is 0.0624. The summed E-state index contributed by atoms with van der Waals surface area (Å²) in [6.07, 6.45) is 1.61. The van der Waals surface area contributed by atoms with E-state index in [0.717, 1.165) is 11.3 Å². The zero-order chi connectivity index (χ0) is 13.3. The van der Waals surface area contributed by atoms with Crippen LogP contribution in [0.3, 0.4) is 0 Å². The first-order chi connectivity index (χ1) is 8.54. The van der Waals surface area contributed by atoms with E-state index in [2.05, 4.69) is 21.0 Å². The van der Waals surface area contributed by atoms with Crippen LogP contribution in [0.25, 0.3) is 0 Å². The second kappa shape index (κ2) is 4.94. The number of methoxy groups -OCH3 is 1. The number of hydrogen-bond donors (Lipinski definition) is 0. The fraction of sp³-hybridized carbons (Fsp3) is 0.231. The van der Waals surface area contributed by atoms with Gasteiger partial charge in [-0.25, -0.2) is 0 Å². The molecule has 1 aromatic carbocycles. The van der Waals surface area contributed by atoms with E-state index in [1.54, 1.807) is 37.2 Å². The zero-order valence-corrected chi connectivity index (χ0v) is 12.0. The summed E-state index contributed by atoms with van der Waals surface area (Å²) in [6, 6.07) is 5.38. The summed E-state index contributed by atoms with van der Waals surface area (Å²) in [5, 5.41) is 4.04. The predicted molar refractivity (Wildman–Crippen MR) is 72.1 cm³/mol. The molecule has 1 aromatic heterocycles. The molecule has 0 spiro atoms. The number of aromatic nitrogens is 2. The van der Waals surface area contributed by atoms with Crippen LogP contribution in [0.5, 0.6) is 5.75 Å². The number of benzene rings is 1. The topological polar surface area (TPSA) is 44.1 Å². The molecule has 0 aliphatic heterocycles. The molecule has 2 aromatic rings. The van der Waals surface area contributed by atoms with E-state index < -0.39 is 0 Å². The fourth-order valence-corrected chi connectivity index (χ4v) is 2.35. The quantitative estimate of drug-likeness (QED) is 0.819. The molecular weight excluding hydrogens is 296 g/mol. The first-order valence-corrected chi connectivity index (χ1v) is 6.20. The van der Waals surface area contributed by atoms with Crippen LogP contribution in [0.2, 0.25) is 0 Å². The van der Waals surface area contributed by atoms with Crippen molar-refractivity contribution in [2.75, 3.05) is 7.11 Å². The van der Waals surface area contributed by atoms with Gasteiger partial charge >= 0.3 is 0 Å². The summed E-state index contributed by atoms with van der Waals surface area (Å²) >= 11 is 3.33. The average Bonchev–Trinajstić information content (AvgIpc) is 2.68. The van der Waals surface area contributed by atoms with Crippen LogP contribution in [-0.2, 0) is 7.05 Å². The smallest absolute Gasteiger partial charge is 0.212 e. The van der Waals surface area contributed by atoms with Crippen molar-refractivity contribution in [3.63, 3.8) is 0 Å². The lowest BCUT2D eigenvalue weighted by Crippen LogP contribution is -2.09. The first-order valence-electron chi connectivity index (χ1n) is 5.41. The van der Waals surface area contributed by atoms with Gasteiger partial charge in [0.2, 0.25) is 5.78 Å². The summed E-state index contributed by atoms with van der Waals surface area (Å²) in [7, 11) is 3.36. The lowest BCUT2D eigenvalue weighted by molar-refractivity contribution is 0.102. The van der Waals surface area contributed by atoms with E-state index in [-0.39, 0.29) is 5.78 Å². The minimum atomic E-state index is -0.0624. The summed E-state index contributed by atoms with van der Waals surface area (Å²) in [4.78, 5) is 12.4. The van der Waals surface area contributed by atoms with Gasteiger partial charge in [-0.05, 0) is 46.6 Å².